The molecule has 35 heavy (non-hydrogen) atoms. The lowest BCUT2D eigenvalue weighted by atomic mass is 9.98. The fourth-order valence-corrected chi connectivity index (χ4v) is 4.70. The van der Waals surface area contributed by atoms with Gasteiger partial charge in [0.25, 0.3) is 0 Å². The first-order valence-corrected chi connectivity index (χ1v) is 11.5. The van der Waals surface area contributed by atoms with Gasteiger partial charge in [-0.3, -0.25) is 0 Å². The van der Waals surface area contributed by atoms with E-state index in [1.165, 1.54) is 14.2 Å². The second kappa shape index (κ2) is 9.94. The number of fused-ring (bicyclic) bond motifs is 3. The summed E-state index contributed by atoms with van der Waals surface area (Å²) in [6.45, 7) is 3.48. The Labute approximate surface area is 204 Å². The molecule has 9 heteroatoms. The van der Waals surface area contributed by atoms with Crippen LogP contribution in [0, 0.1) is 0 Å². The standard InChI is InChI=1S/C26H31NO8/c1-25(31-3)26(2,32-4)35-16(14-34-25)13-22(23(28)29)27-24(30)33-15-21-19-11-7-5-9-17(19)18-10-6-8-12-20(18)21/h5-12,16,21-22H,13-15H2,1-4H3,(H,27,30)(H,28,29). The Kier molecular flexibility index (Phi) is 7.14. The van der Waals surface area contributed by atoms with Crippen LogP contribution in [0.25, 0.3) is 11.1 Å². The van der Waals surface area contributed by atoms with Crippen LogP contribution in [0.2, 0.25) is 0 Å². The van der Waals surface area contributed by atoms with E-state index in [1.54, 1.807) is 13.8 Å². The van der Waals surface area contributed by atoms with Gasteiger partial charge in [0.05, 0.1) is 12.7 Å². The molecule has 0 spiro atoms. The molecule has 0 saturated carbocycles. The van der Waals surface area contributed by atoms with Crippen LogP contribution >= 0.6 is 0 Å². The van der Waals surface area contributed by atoms with Crippen molar-refractivity contribution in [2.24, 2.45) is 0 Å². The highest BCUT2D eigenvalue weighted by atomic mass is 16.8. The Morgan fingerprint density at radius 3 is 2.14 bits per heavy atom. The van der Waals surface area contributed by atoms with E-state index in [0.717, 1.165) is 22.3 Å². The molecule has 4 unspecified atom stereocenters. The summed E-state index contributed by atoms with van der Waals surface area (Å²) in [5.41, 5.74) is 4.37. The third-order valence-electron chi connectivity index (χ3n) is 6.97. The Morgan fingerprint density at radius 1 is 1.03 bits per heavy atom. The van der Waals surface area contributed by atoms with Crippen molar-refractivity contribution in [3.8, 4) is 11.1 Å². The van der Waals surface area contributed by atoms with Crippen molar-refractivity contribution in [3.05, 3.63) is 59.7 Å². The first kappa shape index (κ1) is 25.1. The summed E-state index contributed by atoms with van der Waals surface area (Å²) in [6.07, 6.45) is -1.51. The Balaban J connectivity index is 1.39. The molecule has 1 fully saturated rings. The van der Waals surface area contributed by atoms with Crippen LogP contribution in [0.4, 0.5) is 4.79 Å². The number of nitrogens with one attached hydrogen (secondary N) is 1. The van der Waals surface area contributed by atoms with Gasteiger partial charge in [-0.2, -0.15) is 0 Å². The van der Waals surface area contributed by atoms with E-state index >= 15 is 0 Å². The number of carbonyl (C=O) groups excluding carboxylic acids is 1. The normalized spacial score (nSPS) is 26.5. The maximum atomic E-state index is 12.6. The molecule has 4 atom stereocenters. The van der Waals surface area contributed by atoms with Crippen molar-refractivity contribution < 1.29 is 38.4 Å². The molecular weight excluding hydrogens is 454 g/mol. The largest absolute Gasteiger partial charge is 0.480 e. The molecule has 9 nitrogen and oxygen atoms in total. The number of rotatable bonds is 8. The molecule has 188 valence electrons. The second-order valence-corrected chi connectivity index (χ2v) is 8.95. The number of carboxylic acids is 1. The van der Waals surface area contributed by atoms with E-state index in [2.05, 4.69) is 5.32 Å². The minimum Gasteiger partial charge on any atom is -0.480 e. The monoisotopic (exact) mass is 485 g/mol. The van der Waals surface area contributed by atoms with Crippen molar-refractivity contribution in [1.82, 2.24) is 5.32 Å². The topological polar surface area (TPSA) is 113 Å². The fourth-order valence-electron chi connectivity index (χ4n) is 4.70. The summed E-state index contributed by atoms with van der Waals surface area (Å²) in [7, 11) is 2.92. The van der Waals surface area contributed by atoms with Gasteiger partial charge >= 0.3 is 12.1 Å². The number of amides is 1. The van der Waals surface area contributed by atoms with E-state index in [-0.39, 0.29) is 25.6 Å². The summed E-state index contributed by atoms with van der Waals surface area (Å²) in [4.78, 5) is 24.5. The number of methoxy groups -OCH3 is 2. The van der Waals surface area contributed by atoms with Gasteiger partial charge in [0, 0.05) is 26.6 Å². The first-order chi connectivity index (χ1) is 16.7. The van der Waals surface area contributed by atoms with Crippen LogP contribution in [-0.2, 0) is 28.5 Å². The number of carbonyl (C=O) groups is 2. The fraction of sp³-hybridized carbons (Fsp3) is 0.462. The quantitative estimate of drug-likeness (QED) is 0.584. The third-order valence-corrected chi connectivity index (χ3v) is 6.97. The van der Waals surface area contributed by atoms with Crippen molar-refractivity contribution in [1.29, 1.82) is 0 Å². The smallest absolute Gasteiger partial charge is 0.407 e. The molecule has 0 radical (unpaired) electrons. The predicted octanol–water partition coefficient (Wildman–Crippen LogP) is 3.51. The number of ether oxygens (including phenoxy) is 5. The summed E-state index contributed by atoms with van der Waals surface area (Å²) >= 11 is 0. The molecule has 1 heterocycles. The highest BCUT2D eigenvalue weighted by Gasteiger charge is 2.53. The van der Waals surface area contributed by atoms with Crippen molar-refractivity contribution in [2.45, 2.75) is 49.9 Å². The van der Waals surface area contributed by atoms with Crippen LogP contribution in [0.5, 0.6) is 0 Å². The Bertz CT molecular complexity index is 1050. The molecule has 0 aromatic heterocycles. The summed E-state index contributed by atoms with van der Waals surface area (Å²) in [5, 5.41) is 12.2. The zero-order chi connectivity index (χ0) is 25.2. The van der Waals surface area contributed by atoms with Gasteiger partial charge in [0.15, 0.2) is 0 Å². The van der Waals surface area contributed by atoms with Gasteiger partial charge < -0.3 is 34.1 Å². The number of hydrogen-bond donors (Lipinski definition) is 2. The molecule has 1 aliphatic heterocycles. The van der Waals surface area contributed by atoms with E-state index in [9.17, 15) is 14.7 Å². The number of alkyl carbamates (subject to hydrolysis) is 1. The maximum absolute atomic E-state index is 12.6. The lowest BCUT2D eigenvalue weighted by Crippen LogP contribution is -2.63. The van der Waals surface area contributed by atoms with Crippen molar-refractivity contribution in [2.75, 3.05) is 27.4 Å². The van der Waals surface area contributed by atoms with Gasteiger partial charge in [0.2, 0.25) is 11.6 Å². The molecule has 2 aromatic carbocycles. The minimum atomic E-state index is -1.27. The highest BCUT2D eigenvalue weighted by molar-refractivity contribution is 5.81. The lowest BCUT2D eigenvalue weighted by Gasteiger charge is -2.49. The van der Waals surface area contributed by atoms with Crippen LogP contribution in [0.15, 0.2) is 48.5 Å². The van der Waals surface area contributed by atoms with Crippen LogP contribution in [-0.4, -0.2) is 68.3 Å². The highest BCUT2D eigenvalue weighted by Crippen LogP contribution is 2.44. The maximum Gasteiger partial charge on any atom is 0.407 e. The molecule has 2 aliphatic rings. The molecule has 2 N–H and O–H groups in total. The minimum absolute atomic E-state index is 0.0434. The zero-order valence-corrected chi connectivity index (χ0v) is 20.3. The summed E-state index contributed by atoms with van der Waals surface area (Å²) in [5.74, 6) is -3.77. The molecule has 1 amide bonds. The van der Waals surface area contributed by atoms with Crippen molar-refractivity contribution in [3.63, 3.8) is 0 Å². The number of hydrogen-bond acceptors (Lipinski definition) is 7. The SMILES string of the molecule is COC1(C)OCC(CC(NC(=O)OCC2c3ccccc3-c3ccccc32)C(=O)O)OC1(C)OC. The van der Waals surface area contributed by atoms with Crippen LogP contribution < -0.4 is 5.32 Å². The average molecular weight is 486 g/mol. The summed E-state index contributed by atoms with van der Waals surface area (Å²) < 4.78 is 28.1. The number of aliphatic carboxylic acids is 1. The second-order valence-electron chi connectivity index (χ2n) is 8.95. The van der Waals surface area contributed by atoms with E-state index in [1.807, 2.05) is 48.5 Å². The van der Waals surface area contributed by atoms with Gasteiger partial charge in [-0.15, -0.1) is 0 Å². The summed E-state index contributed by atoms with van der Waals surface area (Å²) in [6, 6.07) is 14.7. The Hall–Kier alpha value is -2.98. The van der Waals surface area contributed by atoms with Gasteiger partial charge in [-0.05, 0) is 36.1 Å². The average Bonchev–Trinajstić information content (AvgIpc) is 3.18. The zero-order valence-electron chi connectivity index (χ0n) is 20.3. The Morgan fingerprint density at radius 2 is 1.60 bits per heavy atom. The molecule has 1 saturated heterocycles. The number of carboxylic acid groups (broad SMARTS) is 1. The van der Waals surface area contributed by atoms with Crippen molar-refractivity contribution >= 4 is 12.1 Å². The van der Waals surface area contributed by atoms with Gasteiger partial charge in [-0.25, -0.2) is 9.59 Å². The van der Waals surface area contributed by atoms with E-state index in [4.69, 9.17) is 23.7 Å². The molecule has 4 rings (SSSR count). The molecular formula is C26H31NO8. The molecule has 2 aromatic rings. The van der Waals surface area contributed by atoms with Crippen LogP contribution in [0.3, 0.4) is 0 Å². The molecule has 1 aliphatic carbocycles. The third kappa shape index (κ3) is 4.77. The van der Waals surface area contributed by atoms with Gasteiger partial charge in [0.1, 0.15) is 12.6 Å². The predicted molar refractivity (Wildman–Crippen MR) is 126 cm³/mol. The van der Waals surface area contributed by atoms with Gasteiger partial charge in [-0.1, -0.05) is 48.5 Å². The first-order valence-electron chi connectivity index (χ1n) is 11.5. The lowest BCUT2D eigenvalue weighted by molar-refractivity contribution is -0.431. The number of benzene rings is 2. The molecule has 0 bridgehead atoms. The van der Waals surface area contributed by atoms with E-state index < -0.39 is 35.8 Å². The van der Waals surface area contributed by atoms with E-state index in [0.29, 0.717) is 0 Å². The van der Waals surface area contributed by atoms with Crippen LogP contribution in [0.1, 0.15) is 37.3 Å².